The van der Waals surface area contributed by atoms with E-state index < -0.39 is 0 Å². The third-order valence-electron chi connectivity index (χ3n) is 1.84. The van der Waals surface area contributed by atoms with E-state index in [4.69, 9.17) is 10.5 Å². The number of aromatic nitrogens is 2. The van der Waals surface area contributed by atoms with E-state index in [0.717, 1.165) is 5.75 Å². The van der Waals surface area contributed by atoms with Crippen LogP contribution in [0.2, 0.25) is 0 Å². The maximum absolute atomic E-state index is 5.49. The molecule has 0 spiro atoms. The Morgan fingerprint density at radius 3 is 2.67 bits per heavy atom. The fourth-order valence-corrected chi connectivity index (χ4v) is 1.14. The van der Waals surface area contributed by atoms with Crippen molar-refractivity contribution in [1.82, 2.24) is 9.97 Å². The highest BCUT2D eigenvalue weighted by Gasteiger charge is 1.99. The Kier molecular flexibility index (Phi) is 2.90. The summed E-state index contributed by atoms with van der Waals surface area (Å²) in [6, 6.07) is 9.44. The lowest BCUT2D eigenvalue weighted by Crippen LogP contribution is -2.01. The highest BCUT2D eigenvalue weighted by molar-refractivity contribution is 5.25. The Labute approximate surface area is 87.7 Å². The summed E-state index contributed by atoms with van der Waals surface area (Å²) in [5.74, 6) is 1.20. The van der Waals surface area contributed by atoms with Gasteiger partial charge in [-0.15, -0.1) is 0 Å². The highest BCUT2D eigenvalue weighted by atomic mass is 16.5. The van der Waals surface area contributed by atoms with Gasteiger partial charge in [0.2, 0.25) is 5.88 Å². The monoisotopic (exact) mass is 201 g/mol. The number of benzene rings is 1. The van der Waals surface area contributed by atoms with Gasteiger partial charge in [0.1, 0.15) is 5.75 Å². The number of ether oxygens (including phenoxy) is 1. The zero-order valence-corrected chi connectivity index (χ0v) is 8.13. The number of hydrogen-bond acceptors (Lipinski definition) is 4. The van der Waals surface area contributed by atoms with Gasteiger partial charge in [-0.25, -0.2) is 4.98 Å². The van der Waals surface area contributed by atoms with Gasteiger partial charge in [-0.05, 0) is 12.1 Å². The molecule has 0 bridgehead atoms. The van der Waals surface area contributed by atoms with E-state index in [2.05, 4.69) is 9.97 Å². The molecule has 4 heteroatoms. The second kappa shape index (κ2) is 4.52. The van der Waals surface area contributed by atoms with Crippen LogP contribution in [0.25, 0.3) is 0 Å². The van der Waals surface area contributed by atoms with E-state index in [1.165, 1.54) is 0 Å². The van der Waals surface area contributed by atoms with Gasteiger partial charge < -0.3 is 10.5 Å². The summed E-state index contributed by atoms with van der Waals surface area (Å²) >= 11 is 0. The molecule has 0 saturated carbocycles. The molecular weight excluding hydrogens is 190 g/mol. The summed E-state index contributed by atoms with van der Waals surface area (Å²) in [6.45, 7) is 0.360. The zero-order chi connectivity index (χ0) is 10.5. The van der Waals surface area contributed by atoms with Crippen LogP contribution in [-0.4, -0.2) is 9.97 Å². The molecule has 1 aromatic heterocycles. The molecule has 0 saturated heterocycles. The van der Waals surface area contributed by atoms with Crippen molar-refractivity contribution < 1.29 is 4.74 Å². The van der Waals surface area contributed by atoms with Crippen molar-refractivity contribution >= 4 is 0 Å². The van der Waals surface area contributed by atoms with Gasteiger partial charge in [-0.2, -0.15) is 0 Å². The van der Waals surface area contributed by atoms with Crippen molar-refractivity contribution in [3.63, 3.8) is 0 Å². The molecule has 0 fully saturated rings. The van der Waals surface area contributed by atoms with Crippen molar-refractivity contribution in [2.75, 3.05) is 0 Å². The van der Waals surface area contributed by atoms with E-state index in [1.54, 1.807) is 12.4 Å². The quantitative estimate of drug-likeness (QED) is 0.821. The van der Waals surface area contributed by atoms with Crippen LogP contribution < -0.4 is 10.5 Å². The minimum atomic E-state index is 0.360. The van der Waals surface area contributed by atoms with E-state index >= 15 is 0 Å². The minimum Gasteiger partial charge on any atom is -0.437 e. The van der Waals surface area contributed by atoms with Crippen LogP contribution in [0.1, 0.15) is 5.69 Å². The van der Waals surface area contributed by atoms with Crippen LogP contribution in [0.15, 0.2) is 42.7 Å². The van der Waals surface area contributed by atoms with Gasteiger partial charge in [0.15, 0.2) is 0 Å². The van der Waals surface area contributed by atoms with Crippen molar-refractivity contribution in [1.29, 1.82) is 0 Å². The molecule has 15 heavy (non-hydrogen) atoms. The summed E-state index contributed by atoms with van der Waals surface area (Å²) in [4.78, 5) is 8.16. The summed E-state index contributed by atoms with van der Waals surface area (Å²) in [6.07, 6.45) is 3.18. The molecule has 4 nitrogen and oxygen atoms in total. The van der Waals surface area contributed by atoms with Crippen LogP contribution in [-0.2, 0) is 6.54 Å². The fourth-order valence-electron chi connectivity index (χ4n) is 1.14. The topological polar surface area (TPSA) is 61.0 Å². The van der Waals surface area contributed by atoms with Crippen LogP contribution in [0.3, 0.4) is 0 Å². The van der Waals surface area contributed by atoms with E-state index in [0.29, 0.717) is 18.1 Å². The molecule has 2 rings (SSSR count). The third-order valence-corrected chi connectivity index (χ3v) is 1.84. The second-order valence-corrected chi connectivity index (χ2v) is 2.97. The van der Waals surface area contributed by atoms with Gasteiger partial charge in [-0.3, -0.25) is 4.98 Å². The number of nitrogens with zero attached hydrogens (tertiary/aromatic N) is 2. The Morgan fingerprint density at radius 1 is 1.13 bits per heavy atom. The molecular formula is C11H11N3O. The second-order valence-electron chi connectivity index (χ2n) is 2.97. The molecule has 0 unspecified atom stereocenters. The number of hydrogen-bond donors (Lipinski definition) is 1. The van der Waals surface area contributed by atoms with Gasteiger partial charge in [0.05, 0.1) is 11.9 Å². The van der Waals surface area contributed by atoms with E-state index in [-0.39, 0.29) is 0 Å². The highest BCUT2D eigenvalue weighted by Crippen LogP contribution is 2.17. The molecule has 0 aliphatic rings. The summed E-state index contributed by atoms with van der Waals surface area (Å²) in [5, 5.41) is 0. The van der Waals surface area contributed by atoms with Crippen LogP contribution in [0.5, 0.6) is 11.6 Å². The summed E-state index contributed by atoms with van der Waals surface area (Å²) in [5.41, 5.74) is 6.17. The summed E-state index contributed by atoms with van der Waals surface area (Å²) in [7, 11) is 0. The van der Waals surface area contributed by atoms with Crippen LogP contribution >= 0.6 is 0 Å². The SMILES string of the molecule is NCc1cncc(Oc2ccccc2)n1. The van der Waals surface area contributed by atoms with Crippen LogP contribution in [0, 0.1) is 0 Å². The lowest BCUT2D eigenvalue weighted by atomic mass is 10.3. The third kappa shape index (κ3) is 2.51. The zero-order valence-electron chi connectivity index (χ0n) is 8.13. The molecule has 2 aromatic rings. The van der Waals surface area contributed by atoms with Gasteiger partial charge >= 0.3 is 0 Å². The first-order valence-electron chi connectivity index (χ1n) is 4.62. The molecule has 2 N–H and O–H groups in total. The molecule has 0 aliphatic carbocycles. The van der Waals surface area contributed by atoms with Gasteiger partial charge in [0, 0.05) is 12.7 Å². The average molecular weight is 201 g/mol. The molecule has 0 atom stereocenters. The van der Waals surface area contributed by atoms with Gasteiger partial charge in [-0.1, -0.05) is 18.2 Å². The van der Waals surface area contributed by atoms with Crippen molar-refractivity contribution in [3.05, 3.63) is 48.4 Å². The lowest BCUT2D eigenvalue weighted by molar-refractivity contribution is 0.457. The normalized spacial score (nSPS) is 9.93. The molecule has 0 amide bonds. The Morgan fingerprint density at radius 2 is 1.93 bits per heavy atom. The molecule has 1 heterocycles. The molecule has 0 aliphatic heterocycles. The molecule has 1 aromatic carbocycles. The summed E-state index contributed by atoms with van der Waals surface area (Å²) < 4.78 is 5.49. The average Bonchev–Trinajstić information content (AvgIpc) is 2.31. The lowest BCUT2D eigenvalue weighted by Gasteiger charge is -2.04. The first-order chi connectivity index (χ1) is 7.38. The maximum Gasteiger partial charge on any atom is 0.238 e. The van der Waals surface area contributed by atoms with E-state index in [1.807, 2.05) is 30.3 Å². The predicted molar refractivity (Wildman–Crippen MR) is 56.4 cm³/mol. The van der Waals surface area contributed by atoms with Crippen molar-refractivity contribution in [2.24, 2.45) is 5.73 Å². The van der Waals surface area contributed by atoms with Crippen molar-refractivity contribution in [3.8, 4) is 11.6 Å². The minimum absolute atomic E-state index is 0.360. The predicted octanol–water partition coefficient (Wildman–Crippen LogP) is 1.73. The standard InChI is InChI=1S/C11H11N3O/c12-6-9-7-13-8-11(14-9)15-10-4-2-1-3-5-10/h1-5,7-8H,6,12H2. The Bertz CT molecular complexity index is 431. The number of para-hydroxylation sites is 1. The Hall–Kier alpha value is -1.94. The fraction of sp³-hybridized carbons (Fsp3) is 0.0909. The first kappa shape index (κ1) is 9.61. The number of nitrogens with two attached hydrogens (primary N) is 1. The van der Waals surface area contributed by atoms with Gasteiger partial charge in [0.25, 0.3) is 0 Å². The smallest absolute Gasteiger partial charge is 0.238 e. The first-order valence-corrected chi connectivity index (χ1v) is 4.62. The van der Waals surface area contributed by atoms with Crippen LogP contribution in [0.4, 0.5) is 0 Å². The molecule has 76 valence electrons. The van der Waals surface area contributed by atoms with E-state index in [9.17, 15) is 0 Å². The Balaban J connectivity index is 2.17. The number of rotatable bonds is 3. The van der Waals surface area contributed by atoms with Crippen molar-refractivity contribution in [2.45, 2.75) is 6.54 Å². The maximum atomic E-state index is 5.49. The molecule has 0 radical (unpaired) electrons. The largest absolute Gasteiger partial charge is 0.437 e.